The van der Waals surface area contributed by atoms with Crippen LogP contribution < -0.4 is 0 Å². The van der Waals surface area contributed by atoms with Gasteiger partial charge in [-0.15, -0.1) is 23.5 Å². The topological polar surface area (TPSA) is 26.3 Å². The Morgan fingerprint density at radius 1 is 1.55 bits per heavy atom. The molecule has 0 aromatic carbocycles. The molecule has 1 aliphatic heterocycles. The van der Waals surface area contributed by atoms with Crippen LogP contribution in [0.15, 0.2) is 0 Å². The minimum atomic E-state index is -0.175. The second-order valence-electron chi connectivity index (χ2n) is 2.42. The van der Waals surface area contributed by atoms with Gasteiger partial charge in [0.25, 0.3) is 0 Å². The van der Waals surface area contributed by atoms with Crippen LogP contribution in [0.25, 0.3) is 0 Å². The highest BCUT2D eigenvalue weighted by Crippen LogP contribution is 2.35. The molecule has 11 heavy (non-hydrogen) atoms. The third-order valence-corrected chi connectivity index (χ3v) is 4.76. The average Bonchev–Trinajstić information content (AvgIpc) is 2.35. The fourth-order valence-electron chi connectivity index (χ4n) is 0.965. The van der Waals surface area contributed by atoms with Gasteiger partial charge in [0, 0.05) is 18.4 Å². The Labute approximate surface area is 75.4 Å². The van der Waals surface area contributed by atoms with Crippen LogP contribution in [-0.4, -0.2) is 28.2 Å². The van der Waals surface area contributed by atoms with Crippen molar-refractivity contribution >= 4 is 29.5 Å². The van der Waals surface area contributed by atoms with Crippen LogP contribution >= 0.6 is 23.5 Å². The number of esters is 1. The number of carbonyl (C=O) groups excluding carboxylic acids is 1. The molecule has 1 rings (SSSR count). The highest BCUT2D eigenvalue weighted by Gasteiger charge is 2.24. The van der Waals surface area contributed by atoms with E-state index < -0.39 is 0 Å². The second-order valence-corrected chi connectivity index (χ2v) is 5.22. The van der Waals surface area contributed by atoms with Gasteiger partial charge in [-0.05, 0) is 6.92 Å². The molecule has 0 N–H and O–H groups in total. The highest BCUT2D eigenvalue weighted by atomic mass is 32.2. The summed E-state index contributed by atoms with van der Waals surface area (Å²) in [6, 6.07) is 0. The summed E-state index contributed by atoms with van der Waals surface area (Å²) in [6.07, 6.45) is 0.0602. The lowest BCUT2D eigenvalue weighted by atomic mass is 10.5. The Balaban J connectivity index is 2.28. The third-order valence-electron chi connectivity index (χ3n) is 1.38. The van der Waals surface area contributed by atoms with Gasteiger partial charge in [-0.1, -0.05) is 0 Å². The van der Waals surface area contributed by atoms with Crippen LogP contribution in [0.1, 0.15) is 13.8 Å². The number of carbonyl (C=O) groups is 1. The van der Waals surface area contributed by atoms with Crippen LogP contribution in [-0.2, 0) is 9.53 Å². The Bertz CT molecular complexity index is 143. The first kappa shape index (κ1) is 9.26. The lowest BCUT2D eigenvalue weighted by Gasteiger charge is -2.16. The van der Waals surface area contributed by atoms with E-state index in [-0.39, 0.29) is 12.1 Å². The van der Waals surface area contributed by atoms with Crippen LogP contribution in [0.5, 0.6) is 0 Å². The first-order valence-electron chi connectivity index (χ1n) is 3.60. The molecule has 0 aliphatic carbocycles. The van der Waals surface area contributed by atoms with Crippen molar-refractivity contribution in [1.82, 2.24) is 0 Å². The Hall–Kier alpha value is 0.170. The molecule has 1 atom stereocenters. The van der Waals surface area contributed by atoms with E-state index >= 15 is 0 Å². The van der Waals surface area contributed by atoms with Gasteiger partial charge in [0.2, 0.25) is 0 Å². The molecule has 0 amide bonds. The molecule has 1 heterocycles. The van der Waals surface area contributed by atoms with Gasteiger partial charge >= 0.3 is 5.97 Å². The van der Waals surface area contributed by atoms with Crippen molar-refractivity contribution in [1.29, 1.82) is 0 Å². The predicted molar refractivity (Wildman–Crippen MR) is 49.9 cm³/mol. The zero-order chi connectivity index (χ0) is 8.27. The summed E-state index contributed by atoms with van der Waals surface area (Å²) in [5.41, 5.74) is 0. The van der Waals surface area contributed by atoms with E-state index in [9.17, 15) is 4.79 Å². The Morgan fingerprint density at radius 2 is 2.09 bits per heavy atom. The molecule has 0 radical (unpaired) electrons. The Morgan fingerprint density at radius 3 is 2.55 bits per heavy atom. The van der Waals surface area contributed by atoms with Crippen molar-refractivity contribution in [2.75, 3.05) is 11.5 Å². The molecule has 0 spiro atoms. The standard InChI is InChI=1S/C7H12O2S2/c1-5(9-6(2)8)7-10-3-4-11-7/h5,7H,3-4H2,1-2H3. The summed E-state index contributed by atoms with van der Waals surface area (Å²) in [6.45, 7) is 3.41. The smallest absolute Gasteiger partial charge is 0.302 e. The molecule has 0 bridgehead atoms. The van der Waals surface area contributed by atoms with Crippen molar-refractivity contribution in [3.05, 3.63) is 0 Å². The fourth-order valence-corrected chi connectivity index (χ4v) is 3.81. The van der Waals surface area contributed by atoms with Crippen LogP contribution in [0.4, 0.5) is 0 Å². The maximum atomic E-state index is 10.6. The van der Waals surface area contributed by atoms with Crippen LogP contribution in [0, 0.1) is 0 Å². The van der Waals surface area contributed by atoms with Crippen LogP contribution in [0.3, 0.4) is 0 Å². The summed E-state index contributed by atoms with van der Waals surface area (Å²) in [5.74, 6) is 2.19. The highest BCUT2D eigenvalue weighted by molar-refractivity contribution is 8.20. The maximum Gasteiger partial charge on any atom is 0.302 e. The van der Waals surface area contributed by atoms with E-state index in [1.54, 1.807) is 0 Å². The monoisotopic (exact) mass is 192 g/mol. The van der Waals surface area contributed by atoms with Gasteiger partial charge in [-0.2, -0.15) is 0 Å². The molecule has 0 aromatic rings. The molecule has 1 aliphatic rings. The van der Waals surface area contributed by atoms with E-state index in [2.05, 4.69) is 0 Å². The van der Waals surface area contributed by atoms with Crippen molar-refractivity contribution in [3.8, 4) is 0 Å². The summed E-state index contributed by atoms with van der Waals surface area (Å²) < 4.78 is 5.51. The fraction of sp³-hybridized carbons (Fsp3) is 0.857. The zero-order valence-corrected chi connectivity index (χ0v) is 8.33. The van der Waals surface area contributed by atoms with E-state index in [1.807, 2.05) is 30.4 Å². The number of hydrogen-bond donors (Lipinski definition) is 0. The molecule has 2 nitrogen and oxygen atoms in total. The summed E-state index contributed by atoms with van der Waals surface area (Å²) in [4.78, 5) is 10.6. The molecule has 1 fully saturated rings. The number of ether oxygens (including phenoxy) is 1. The van der Waals surface area contributed by atoms with Crippen molar-refractivity contribution in [2.24, 2.45) is 0 Å². The van der Waals surface area contributed by atoms with Gasteiger partial charge in [-0.3, -0.25) is 4.79 Å². The lowest BCUT2D eigenvalue weighted by Crippen LogP contribution is -2.20. The lowest BCUT2D eigenvalue weighted by molar-refractivity contribution is -0.144. The second kappa shape index (κ2) is 4.26. The number of thioether (sulfide) groups is 2. The van der Waals surface area contributed by atoms with E-state index in [4.69, 9.17) is 4.74 Å². The first-order chi connectivity index (χ1) is 5.20. The normalized spacial score (nSPS) is 21.6. The zero-order valence-electron chi connectivity index (χ0n) is 6.70. The summed E-state index contributed by atoms with van der Waals surface area (Å²) in [5, 5.41) is 0. The molecule has 0 saturated carbocycles. The van der Waals surface area contributed by atoms with Gasteiger partial charge in [0.1, 0.15) is 6.10 Å². The molecule has 64 valence electrons. The Kier molecular flexibility index (Phi) is 3.59. The minimum Gasteiger partial charge on any atom is -0.461 e. The minimum absolute atomic E-state index is 0.0602. The first-order valence-corrected chi connectivity index (χ1v) is 5.70. The number of hydrogen-bond acceptors (Lipinski definition) is 4. The molecule has 0 aromatic heterocycles. The molecule has 4 heteroatoms. The summed E-state index contributed by atoms with van der Waals surface area (Å²) >= 11 is 3.76. The third kappa shape index (κ3) is 2.95. The van der Waals surface area contributed by atoms with Gasteiger partial charge in [0.05, 0.1) is 4.58 Å². The van der Waals surface area contributed by atoms with Gasteiger partial charge < -0.3 is 4.74 Å². The van der Waals surface area contributed by atoms with Gasteiger partial charge in [-0.25, -0.2) is 0 Å². The van der Waals surface area contributed by atoms with Crippen LogP contribution in [0.2, 0.25) is 0 Å². The van der Waals surface area contributed by atoms with Crippen molar-refractivity contribution < 1.29 is 9.53 Å². The van der Waals surface area contributed by atoms with Gasteiger partial charge in [0.15, 0.2) is 0 Å². The van der Waals surface area contributed by atoms with E-state index in [1.165, 1.54) is 18.4 Å². The van der Waals surface area contributed by atoms with E-state index in [0.29, 0.717) is 4.58 Å². The van der Waals surface area contributed by atoms with Crippen molar-refractivity contribution in [3.63, 3.8) is 0 Å². The quantitative estimate of drug-likeness (QED) is 0.623. The SMILES string of the molecule is CC(=O)OC(C)C1SCCS1. The van der Waals surface area contributed by atoms with Crippen molar-refractivity contribution in [2.45, 2.75) is 24.5 Å². The summed E-state index contributed by atoms with van der Waals surface area (Å²) in [7, 11) is 0. The largest absolute Gasteiger partial charge is 0.461 e. The van der Waals surface area contributed by atoms with E-state index in [0.717, 1.165) is 0 Å². The number of rotatable bonds is 2. The molecule has 1 saturated heterocycles. The molecular weight excluding hydrogens is 180 g/mol. The average molecular weight is 192 g/mol. The predicted octanol–water partition coefficient (Wildman–Crippen LogP) is 1.74. The molecule has 1 unspecified atom stereocenters. The molecular formula is C7H12O2S2. The maximum absolute atomic E-state index is 10.6.